The summed E-state index contributed by atoms with van der Waals surface area (Å²) in [7, 11) is -3.37. The van der Waals surface area contributed by atoms with Crippen molar-refractivity contribution in [3.63, 3.8) is 0 Å². The normalized spacial score (nSPS) is 28.7. The Morgan fingerprint density at radius 3 is 2.83 bits per heavy atom. The third kappa shape index (κ3) is 2.27. The van der Waals surface area contributed by atoms with Crippen LogP contribution in [0.5, 0.6) is 0 Å². The van der Waals surface area contributed by atoms with Gasteiger partial charge in [-0.05, 0) is 31.3 Å². The van der Waals surface area contributed by atoms with Crippen molar-refractivity contribution < 1.29 is 8.42 Å². The fourth-order valence-electron chi connectivity index (χ4n) is 2.74. The third-order valence-electron chi connectivity index (χ3n) is 3.76. The van der Waals surface area contributed by atoms with Gasteiger partial charge in [0.05, 0.1) is 12.5 Å². The average molecular weight is 293 g/mol. The molecule has 0 amide bonds. The second kappa shape index (κ2) is 5.16. The molecular weight excluding hydrogens is 276 g/mol. The number of rotatable bonds is 2. The summed E-state index contributed by atoms with van der Waals surface area (Å²) < 4.78 is 26.1. The number of nitrogens with one attached hydrogen (secondary N) is 2. The average Bonchev–Trinajstić information content (AvgIpc) is 2.99. The molecule has 0 saturated carbocycles. The van der Waals surface area contributed by atoms with Crippen LogP contribution in [0, 0.1) is 11.8 Å². The molecule has 1 aromatic heterocycles. The Balaban J connectivity index is 0.00000120. The lowest BCUT2D eigenvalue weighted by Gasteiger charge is -2.33. The summed E-state index contributed by atoms with van der Waals surface area (Å²) in [6.07, 6.45) is 3.72. The maximum atomic E-state index is 12.3. The molecule has 18 heavy (non-hydrogen) atoms. The minimum atomic E-state index is -3.37. The summed E-state index contributed by atoms with van der Waals surface area (Å²) in [6.45, 7) is 3.20. The first-order valence-electron chi connectivity index (χ1n) is 5.87. The van der Waals surface area contributed by atoms with Gasteiger partial charge in [-0.15, -0.1) is 12.4 Å². The number of hydrogen-bond acceptors (Lipinski definition) is 4. The number of halogens is 1. The van der Waals surface area contributed by atoms with Gasteiger partial charge in [0.1, 0.15) is 0 Å². The quantitative estimate of drug-likeness (QED) is 0.808. The smallest absolute Gasteiger partial charge is 0.260 e. The summed E-state index contributed by atoms with van der Waals surface area (Å²) in [5.41, 5.74) is 0. The standard InChI is InChI=1S/C10H16N4O2S.ClH/c15-17(16,10-5-12-7-13-10)14-2-1-8-3-11-4-9(8)6-14;/h5,7-9,11H,1-4,6H2,(H,12,13);1H. The molecule has 102 valence electrons. The van der Waals surface area contributed by atoms with Crippen LogP contribution in [0.4, 0.5) is 0 Å². The van der Waals surface area contributed by atoms with Gasteiger partial charge in [0.15, 0.2) is 5.03 Å². The molecule has 2 saturated heterocycles. The van der Waals surface area contributed by atoms with Crippen LogP contribution in [0.2, 0.25) is 0 Å². The predicted octanol–water partition coefficient (Wildman–Crippen LogP) is 0.0615. The van der Waals surface area contributed by atoms with Gasteiger partial charge in [0.25, 0.3) is 10.0 Å². The van der Waals surface area contributed by atoms with Crippen LogP contribution in [0.15, 0.2) is 17.6 Å². The topological polar surface area (TPSA) is 78.1 Å². The number of nitrogens with zero attached hydrogens (tertiary/aromatic N) is 2. The highest BCUT2D eigenvalue weighted by molar-refractivity contribution is 7.89. The highest BCUT2D eigenvalue weighted by Crippen LogP contribution is 2.29. The molecule has 1 aromatic rings. The molecule has 0 aliphatic carbocycles. The van der Waals surface area contributed by atoms with E-state index in [0.29, 0.717) is 24.9 Å². The molecule has 2 aliphatic rings. The molecular formula is C10H17ClN4O2S. The third-order valence-corrected chi connectivity index (χ3v) is 5.55. The van der Waals surface area contributed by atoms with Gasteiger partial charge in [-0.25, -0.2) is 13.4 Å². The zero-order valence-electron chi connectivity index (χ0n) is 9.87. The van der Waals surface area contributed by atoms with Crippen LogP contribution in [0.1, 0.15) is 6.42 Å². The Hall–Kier alpha value is -0.630. The van der Waals surface area contributed by atoms with Gasteiger partial charge in [-0.2, -0.15) is 4.31 Å². The van der Waals surface area contributed by atoms with E-state index in [1.54, 1.807) is 4.31 Å². The number of fused-ring (bicyclic) bond motifs is 1. The van der Waals surface area contributed by atoms with E-state index in [0.717, 1.165) is 19.5 Å². The lowest BCUT2D eigenvalue weighted by atomic mass is 9.90. The van der Waals surface area contributed by atoms with Crippen molar-refractivity contribution in [2.45, 2.75) is 11.4 Å². The molecule has 0 aromatic carbocycles. The summed E-state index contributed by atoms with van der Waals surface area (Å²) in [6, 6.07) is 0. The number of sulfonamides is 1. The molecule has 2 aliphatic heterocycles. The summed E-state index contributed by atoms with van der Waals surface area (Å²) in [4.78, 5) is 6.45. The molecule has 0 bridgehead atoms. The molecule has 2 N–H and O–H groups in total. The number of aromatic nitrogens is 2. The Morgan fingerprint density at radius 1 is 1.33 bits per heavy atom. The Bertz CT molecular complexity index is 490. The molecule has 2 unspecified atom stereocenters. The van der Waals surface area contributed by atoms with Crippen molar-refractivity contribution in [3.05, 3.63) is 12.5 Å². The van der Waals surface area contributed by atoms with Gasteiger partial charge in [0, 0.05) is 13.1 Å². The lowest BCUT2D eigenvalue weighted by molar-refractivity contribution is 0.227. The first-order chi connectivity index (χ1) is 8.18. The summed E-state index contributed by atoms with van der Waals surface area (Å²) >= 11 is 0. The van der Waals surface area contributed by atoms with E-state index >= 15 is 0 Å². The van der Waals surface area contributed by atoms with Crippen LogP contribution in [-0.2, 0) is 10.0 Å². The molecule has 8 heteroatoms. The minimum Gasteiger partial charge on any atom is -0.335 e. The molecule has 0 spiro atoms. The van der Waals surface area contributed by atoms with Crippen molar-refractivity contribution in [3.8, 4) is 0 Å². The van der Waals surface area contributed by atoms with Crippen molar-refractivity contribution in [1.82, 2.24) is 19.6 Å². The Morgan fingerprint density at radius 2 is 2.11 bits per heavy atom. The lowest BCUT2D eigenvalue weighted by Crippen LogP contribution is -2.43. The largest absolute Gasteiger partial charge is 0.335 e. The van der Waals surface area contributed by atoms with Gasteiger partial charge in [0.2, 0.25) is 0 Å². The van der Waals surface area contributed by atoms with Crippen LogP contribution in [-0.4, -0.2) is 48.9 Å². The van der Waals surface area contributed by atoms with Crippen LogP contribution in [0.25, 0.3) is 0 Å². The Labute approximate surface area is 113 Å². The van der Waals surface area contributed by atoms with Crippen LogP contribution in [0.3, 0.4) is 0 Å². The number of H-pyrrole nitrogens is 1. The van der Waals surface area contributed by atoms with E-state index in [1.807, 2.05) is 0 Å². The molecule has 3 rings (SSSR count). The van der Waals surface area contributed by atoms with Crippen molar-refractivity contribution >= 4 is 22.4 Å². The summed E-state index contributed by atoms with van der Waals surface area (Å²) in [5.74, 6) is 1.10. The van der Waals surface area contributed by atoms with Gasteiger partial charge in [-0.1, -0.05) is 0 Å². The molecule has 0 radical (unpaired) electrons. The number of aromatic amines is 1. The first kappa shape index (κ1) is 13.8. The number of piperidine rings is 1. The zero-order valence-corrected chi connectivity index (χ0v) is 11.5. The van der Waals surface area contributed by atoms with E-state index in [-0.39, 0.29) is 17.4 Å². The molecule has 2 fully saturated rings. The molecule has 2 atom stereocenters. The van der Waals surface area contributed by atoms with Gasteiger partial charge < -0.3 is 10.3 Å². The van der Waals surface area contributed by atoms with Crippen molar-refractivity contribution in [2.24, 2.45) is 11.8 Å². The molecule has 6 nitrogen and oxygen atoms in total. The number of hydrogen-bond donors (Lipinski definition) is 2. The first-order valence-corrected chi connectivity index (χ1v) is 7.31. The van der Waals surface area contributed by atoms with E-state index in [1.165, 1.54) is 12.5 Å². The molecule has 3 heterocycles. The van der Waals surface area contributed by atoms with E-state index < -0.39 is 10.0 Å². The predicted molar refractivity (Wildman–Crippen MR) is 69.1 cm³/mol. The monoisotopic (exact) mass is 292 g/mol. The van der Waals surface area contributed by atoms with E-state index in [2.05, 4.69) is 15.3 Å². The highest BCUT2D eigenvalue weighted by Gasteiger charge is 2.38. The minimum absolute atomic E-state index is 0. The van der Waals surface area contributed by atoms with Gasteiger partial charge in [-0.3, -0.25) is 0 Å². The highest BCUT2D eigenvalue weighted by atomic mass is 35.5. The van der Waals surface area contributed by atoms with E-state index in [4.69, 9.17) is 0 Å². The van der Waals surface area contributed by atoms with Crippen molar-refractivity contribution in [1.29, 1.82) is 0 Å². The van der Waals surface area contributed by atoms with E-state index in [9.17, 15) is 8.42 Å². The second-order valence-electron chi connectivity index (χ2n) is 4.75. The Kier molecular flexibility index (Phi) is 3.96. The van der Waals surface area contributed by atoms with Gasteiger partial charge >= 0.3 is 0 Å². The second-order valence-corrected chi connectivity index (χ2v) is 6.65. The zero-order chi connectivity index (χ0) is 11.9. The fraction of sp³-hybridized carbons (Fsp3) is 0.700. The maximum absolute atomic E-state index is 12.3. The maximum Gasteiger partial charge on any atom is 0.260 e. The van der Waals surface area contributed by atoms with Crippen LogP contribution < -0.4 is 5.32 Å². The summed E-state index contributed by atoms with van der Waals surface area (Å²) in [5, 5.41) is 3.53. The van der Waals surface area contributed by atoms with Crippen LogP contribution >= 0.6 is 12.4 Å². The SMILES string of the molecule is Cl.O=S(=O)(c1cnc[nH]1)N1CCC2CNCC2C1. The number of imidazole rings is 1. The van der Waals surface area contributed by atoms with Crippen molar-refractivity contribution in [2.75, 3.05) is 26.2 Å². The fourth-order valence-corrected chi connectivity index (χ4v) is 4.15.